The summed E-state index contributed by atoms with van der Waals surface area (Å²) in [6.07, 6.45) is 0. The third-order valence-corrected chi connectivity index (χ3v) is 8.40. The number of amides is 1. The second kappa shape index (κ2) is 9.14. The molecule has 4 aromatic rings. The largest absolute Gasteiger partial charge is 0.508 e. The summed E-state index contributed by atoms with van der Waals surface area (Å²) in [6, 6.07) is 28.8. The molecule has 6 rings (SSSR count). The van der Waals surface area contributed by atoms with Gasteiger partial charge in [0.25, 0.3) is 0 Å². The van der Waals surface area contributed by atoms with Gasteiger partial charge in [-0.3, -0.25) is 14.9 Å². The number of anilines is 1. The molecule has 1 saturated heterocycles. The van der Waals surface area contributed by atoms with Gasteiger partial charge >= 0.3 is 0 Å². The number of halogens is 2. The zero-order chi connectivity index (χ0) is 25.7. The van der Waals surface area contributed by atoms with E-state index < -0.39 is 17.4 Å². The van der Waals surface area contributed by atoms with Crippen LogP contribution in [0, 0.1) is 5.92 Å². The fourth-order valence-electron chi connectivity index (χ4n) is 5.85. The van der Waals surface area contributed by atoms with Crippen LogP contribution >= 0.6 is 27.5 Å². The summed E-state index contributed by atoms with van der Waals surface area (Å²) in [7, 11) is 0. The molecule has 0 aromatic heterocycles. The Morgan fingerprint density at radius 3 is 2.35 bits per heavy atom. The zero-order valence-electron chi connectivity index (χ0n) is 19.5. The number of phenolic OH excluding ortho intramolecular Hbond substituents is 1. The minimum absolute atomic E-state index is 0.0658. The van der Waals surface area contributed by atoms with Gasteiger partial charge in [0.15, 0.2) is 5.78 Å². The Kier molecular flexibility index (Phi) is 5.91. The third kappa shape index (κ3) is 3.79. The van der Waals surface area contributed by atoms with Crippen molar-refractivity contribution in [3.63, 3.8) is 0 Å². The molecule has 1 spiro atoms. The van der Waals surface area contributed by atoms with Crippen molar-refractivity contribution in [2.45, 2.75) is 17.5 Å². The van der Waals surface area contributed by atoms with Gasteiger partial charge in [0.05, 0.1) is 5.92 Å². The average Bonchev–Trinajstić information content (AvgIpc) is 3.40. The number of carbonyl (C=O) groups is 2. The molecule has 0 saturated carbocycles. The first-order valence-corrected chi connectivity index (χ1v) is 13.1. The van der Waals surface area contributed by atoms with Gasteiger partial charge in [0.1, 0.15) is 11.3 Å². The number of hydrogen-bond acceptors (Lipinski definition) is 4. The van der Waals surface area contributed by atoms with E-state index in [9.17, 15) is 14.7 Å². The molecule has 184 valence electrons. The first-order chi connectivity index (χ1) is 17.9. The van der Waals surface area contributed by atoms with Gasteiger partial charge in [-0.25, -0.2) is 0 Å². The second-order valence-corrected chi connectivity index (χ2v) is 10.7. The van der Waals surface area contributed by atoms with Gasteiger partial charge in [-0.15, -0.1) is 0 Å². The second-order valence-electron chi connectivity index (χ2n) is 9.42. The minimum Gasteiger partial charge on any atom is -0.508 e. The number of Topliss-reactive ketones (excluding diaryl/α,β-unsaturated/α-hetero) is 1. The van der Waals surface area contributed by atoms with E-state index in [0.717, 1.165) is 15.6 Å². The number of hydrogen-bond donors (Lipinski definition) is 3. The Balaban J connectivity index is 1.65. The smallest absolute Gasteiger partial charge is 0.250 e. The van der Waals surface area contributed by atoms with E-state index >= 15 is 0 Å². The van der Waals surface area contributed by atoms with Crippen LogP contribution < -0.4 is 10.6 Å². The van der Waals surface area contributed by atoms with Crippen molar-refractivity contribution in [1.82, 2.24) is 5.32 Å². The fourth-order valence-corrected chi connectivity index (χ4v) is 6.58. The van der Waals surface area contributed by atoms with E-state index in [0.29, 0.717) is 21.8 Å². The Morgan fingerprint density at radius 1 is 0.919 bits per heavy atom. The maximum absolute atomic E-state index is 14.5. The summed E-state index contributed by atoms with van der Waals surface area (Å²) in [5.74, 6) is -1.65. The van der Waals surface area contributed by atoms with Gasteiger partial charge in [-0.05, 0) is 59.7 Å². The number of benzene rings is 4. The van der Waals surface area contributed by atoms with Crippen molar-refractivity contribution < 1.29 is 14.7 Å². The first kappa shape index (κ1) is 23.9. The standard InChI is InChI=1S/C30H22BrClN2O3/c31-23-9-5-4-8-21(23)25-26(28(36)18-10-13-20(35)14-11-18)30(34-27(25)17-6-2-1-3-7-17)22-16-19(32)12-15-24(22)33-29(30)37/h1-16,25-27,34-35H,(H,33,37)/t25-,26?,27+,30?/m0/s1. The highest BCUT2D eigenvalue weighted by molar-refractivity contribution is 9.10. The maximum Gasteiger partial charge on any atom is 0.250 e. The van der Waals surface area contributed by atoms with Gasteiger partial charge < -0.3 is 10.4 Å². The molecule has 5 nitrogen and oxygen atoms in total. The van der Waals surface area contributed by atoms with E-state index in [2.05, 4.69) is 26.6 Å². The van der Waals surface area contributed by atoms with Crippen molar-refractivity contribution in [3.8, 4) is 5.75 Å². The Labute approximate surface area is 227 Å². The summed E-state index contributed by atoms with van der Waals surface area (Å²) in [5, 5.41) is 17.0. The van der Waals surface area contributed by atoms with Gasteiger partial charge in [-0.1, -0.05) is 76.1 Å². The predicted octanol–water partition coefficient (Wildman–Crippen LogP) is 6.58. The monoisotopic (exact) mass is 572 g/mol. The van der Waals surface area contributed by atoms with Crippen LogP contribution in [0.2, 0.25) is 5.02 Å². The van der Waals surface area contributed by atoms with Crippen molar-refractivity contribution in [2.24, 2.45) is 5.92 Å². The van der Waals surface area contributed by atoms with E-state index in [1.54, 1.807) is 30.3 Å². The summed E-state index contributed by atoms with van der Waals surface area (Å²) in [4.78, 5) is 28.5. The molecule has 1 amide bonds. The molecule has 3 N–H and O–H groups in total. The van der Waals surface area contributed by atoms with Crippen LogP contribution in [-0.2, 0) is 10.3 Å². The van der Waals surface area contributed by atoms with Gasteiger partial charge in [0.2, 0.25) is 5.91 Å². The number of nitrogens with one attached hydrogen (secondary N) is 2. The minimum atomic E-state index is -1.37. The van der Waals surface area contributed by atoms with E-state index in [1.807, 2.05) is 54.6 Å². The van der Waals surface area contributed by atoms with Crippen LogP contribution in [0.1, 0.15) is 39.0 Å². The number of phenols is 1. The third-order valence-electron chi connectivity index (χ3n) is 7.44. The fraction of sp³-hybridized carbons (Fsp3) is 0.133. The molecule has 1 fully saturated rings. The van der Waals surface area contributed by atoms with Crippen LogP contribution in [-0.4, -0.2) is 16.8 Å². The molecule has 2 heterocycles. The van der Waals surface area contributed by atoms with Crippen molar-refractivity contribution in [1.29, 1.82) is 0 Å². The summed E-state index contributed by atoms with van der Waals surface area (Å²) < 4.78 is 0.855. The van der Waals surface area contributed by atoms with Crippen molar-refractivity contribution in [3.05, 3.63) is 129 Å². The van der Waals surface area contributed by atoms with Gasteiger partial charge in [-0.2, -0.15) is 0 Å². The molecule has 2 aliphatic rings. The quantitative estimate of drug-likeness (QED) is 0.241. The normalized spacial score (nSPS) is 24.2. The van der Waals surface area contributed by atoms with Crippen molar-refractivity contribution >= 4 is 44.9 Å². The van der Waals surface area contributed by atoms with E-state index in [1.165, 1.54) is 12.1 Å². The molecular formula is C30H22BrClN2O3. The average molecular weight is 574 g/mol. The molecule has 37 heavy (non-hydrogen) atoms. The Hall–Kier alpha value is -3.45. The Morgan fingerprint density at radius 2 is 1.62 bits per heavy atom. The summed E-state index contributed by atoms with van der Waals surface area (Å²) in [6.45, 7) is 0. The number of carbonyl (C=O) groups excluding carboxylic acids is 2. The highest BCUT2D eigenvalue weighted by Gasteiger charge is 2.64. The topological polar surface area (TPSA) is 78.4 Å². The zero-order valence-corrected chi connectivity index (χ0v) is 21.8. The number of ketones is 1. The molecular weight excluding hydrogens is 552 g/mol. The first-order valence-electron chi connectivity index (χ1n) is 11.9. The van der Waals surface area contributed by atoms with Crippen LogP contribution in [0.15, 0.2) is 102 Å². The lowest BCUT2D eigenvalue weighted by Gasteiger charge is -2.31. The van der Waals surface area contributed by atoms with Crippen LogP contribution in [0.4, 0.5) is 5.69 Å². The molecule has 2 aliphatic heterocycles. The number of rotatable bonds is 4. The summed E-state index contributed by atoms with van der Waals surface area (Å²) >= 11 is 10.1. The van der Waals surface area contributed by atoms with Crippen molar-refractivity contribution in [2.75, 3.05) is 5.32 Å². The van der Waals surface area contributed by atoms with Crippen LogP contribution in [0.5, 0.6) is 5.75 Å². The molecule has 4 aromatic carbocycles. The predicted molar refractivity (Wildman–Crippen MR) is 147 cm³/mol. The van der Waals surface area contributed by atoms with E-state index in [-0.39, 0.29) is 23.5 Å². The molecule has 0 aliphatic carbocycles. The van der Waals surface area contributed by atoms with Crippen LogP contribution in [0.3, 0.4) is 0 Å². The molecule has 2 unspecified atom stereocenters. The highest BCUT2D eigenvalue weighted by Crippen LogP contribution is 2.58. The number of fused-ring (bicyclic) bond motifs is 2. The van der Waals surface area contributed by atoms with E-state index in [4.69, 9.17) is 11.6 Å². The molecule has 7 heteroatoms. The lowest BCUT2D eigenvalue weighted by atomic mass is 9.69. The summed E-state index contributed by atoms with van der Waals surface area (Å²) in [5.41, 5.74) is 2.21. The lowest BCUT2D eigenvalue weighted by Crippen LogP contribution is -2.50. The van der Waals surface area contributed by atoms with Gasteiger partial charge in [0, 0.05) is 38.3 Å². The molecule has 0 radical (unpaired) electrons. The molecule has 0 bridgehead atoms. The highest BCUT2D eigenvalue weighted by atomic mass is 79.9. The molecule has 4 atom stereocenters. The van der Waals surface area contributed by atoms with Crippen LogP contribution in [0.25, 0.3) is 0 Å². The SMILES string of the molecule is O=C(c1ccc(O)cc1)C1[C@H](c2ccccc2Br)[C@@H](c2ccccc2)NC12C(=O)Nc1ccc(Cl)cc12. The Bertz CT molecular complexity index is 1530. The maximum atomic E-state index is 14.5. The number of aromatic hydroxyl groups is 1. The lowest BCUT2D eigenvalue weighted by molar-refractivity contribution is -0.122.